The molecule has 1 saturated heterocycles. The number of benzene rings is 2. The number of carbonyl (C=O) groups excluding carboxylic acids is 1. The van der Waals surface area contributed by atoms with Crippen molar-refractivity contribution in [3.8, 4) is 5.75 Å². The summed E-state index contributed by atoms with van der Waals surface area (Å²) in [6, 6.07) is 8.93. The van der Waals surface area contributed by atoms with E-state index in [2.05, 4.69) is 5.32 Å². The first-order valence-electron chi connectivity index (χ1n) is 9.51. The molecule has 1 fully saturated rings. The average molecular weight is 404 g/mol. The number of hydrogen-bond donors (Lipinski definition) is 3. The van der Waals surface area contributed by atoms with Gasteiger partial charge in [-0.25, -0.2) is 8.78 Å². The van der Waals surface area contributed by atoms with E-state index < -0.39 is 17.5 Å². The summed E-state index contributed by atoms with van der Waals surface area (Å²) in [5, 5.41) is 23.9. The van der Waals surface area contributed by atoms with E-state index >= 15 is 0 Å². The molecule has 0 spiro atoms. The Morgan fingerprint density at radius 2 is 1.97 bits per heavy atom. The third-order valence-corrected chi connectivity index (χ3v) is 5.58. The predicted octanol–water partition coefficient (Wildman–Crippen LogP) is 2.23. The van der Waals surface area contributed by atoms with Crippen LogP contribution in [0.3, 0.4) is 0 Å². The van der Waals surface area contributed by atoms with Gasteiger partial charge in [0, 0.05) is 25.1 Å². The number of aliphatic hydroxyl groups excluding tert-OH is 1. The van der Waals surface area contributed by atoms with Crippen molar-refractivity contribution in [1.82, 2.24) is 0 Å². The summed E-state index contributed by atoms with van der Waals surface area (Å²) in [5.74, 6) is -0.833. The zero-order chi connectivity index (χ0) is 20.6. The second-order valence-electron chi connectivity index (χ2n) is 7.50. The van der Waals surface area contributed by atoms with Gasteiger partial charge in [0.15, 0.2) is 0 Å². The fourth-order valence-electron chi connectivity index (χ4n) is 3.82. The molecule has 0 radical (unpaired) electrons. The summed E-state index contributed by atoms with van der Waals surface area (Å²) < 4.78 is 33.8. The highest BCUT2D eigenvalue weighted by Crippen LogP contribution is 2.35. The molecule has 2 heterocycles. The molecule has 2 aliphatic rings. The van der Waals surface area contributed by atoms with Crippen LogP contribution < -0.4 is 15.0 Å². The van der Waals surface area contributed by atoms with E-state index in [9.17, 15) is 23.8 Å². The Bertz CT molecular complexity index is 939. The predicted molar refractivity (Wildman–Crippen MR) is 103 cm³/mol. The van der Waals surface area contributed by atoms with E-state index in [1.54, 1.807) is 23.1 Å². The van der Waals surface area contributed by atoms with Gasteiger partial charge >= 0.3 is 0 Å². The normalized spacial score (nSPS) is 24.1. The van der Waals surface area contributed by atoms with Crippen molar-refractivity contribution in [2.45, 2.75) is 31.0 Å². The minimum absolute atomic E-state index is 0.0539. The number of nitrogens with zero attached hydrogens (tertiary/aromatic N) is 1. The summed E-state index contributed by atoms with van der Waals surface area (Å²) in [5.41, 5.74) is -0.522. The molecule has 2 aromatic carbocycles. The third kappa shape index (κ3) is 3.77. The van der Waals surface area contributed by atoms with Crippen LogP contribution in [0.2, 0.25) is 0 Å². The van der Waals surface area contributed by atoms with Crippen molar-refractivity contribution < 1.29 is 28.5 Å². The number of aliphatic hydroxyl groups is 2. The van der Waals surface area contributed by atoms with Gasteiger partial charge in [-0.2, -0.15) is 0 Å². The summed E-state index contributed by atoms with van der Waals surface area (Å²) in [6.07, 6.45) is -0.442. The summed E-state index contributed by atoms with van der Waals surface area (Å²) in [4.78, 5) is 13.2. The molecule has 1 amide bonds. The Morgan fingerprint density at radius 1 is 1.17 bits per heavy atom. The number of ether oxygens (including phenoxy) is 1. The first-order chi connectivity index (χ1) is 13.9. The maximum absolute atomic E-state index is 14.0. The number of hydrogen-bond acceptors (Lipinski definition) is 5. The number of halogens is 2. The third-order valence-electron chi connectivity index (χ3n) is 5.58. The van der Waals surface area contributed by atoms with Crippen LogP contribution in [-0.2, 0) is 11.2 Å². The van der Waals surface area contributed by atoms with Gasteiger partial charge in [-0.05, 0) is 37.1 Å². The van der Waals surface area contributed by atoms with Gasteiger partial charge in [-0.1, -0.05) is 12.1 Å². The van der Waals surface area contributed by atoms with Crippen LogP contribution in [-0.4, -0.2) is 47.5 Å². The van der Waals surface area contributed by atoms with Crippen molar-refractivity contribution >= 4 is 17.3 Å². The Hall–Kier alpha value is -2.71. The van der Waals surface area contributed by atoms with Crippen LogP contribution in [0, 0.1) is 11.6 Å². The number of rotatable bonds is 4. The first kappa shape index (κ1) is 19.6. The molecule has 4 rings (SSSR count). The smallest absolute Gasteiger partial charge is 0.224 e. The number of nitrogens with one attached hydrogen (secondary N) is 1. The quantitative estimate of drug-likeness (QED) is 0.728. The molecule has 0 bridgehead atoms. The van der Waals surface area contributed by atoms with Crippen LogP contribution >= 0.6 is 0 Å². The van der Waals surface area contributed by atoms with Crippen LogP contribution in [0.1, 0.15) is 18.4 Å². The minimum atomic E-state index is -1.53. The van der Waals surface area contributed by atoms with E-state index in [0.717, 1.165) is 0 Å². The molecule has 0 aliphatic carbocycles. The highest BCUT2D eigenvalue weighted by Gasteiger charge is 2.42. The van der Waals surface area contributed by atoms with Gasteiger partial charge in [-0.15, -0.1) is 0 Å². The lowest BCUT2D eigenvalue weighted by atomic mass is 9.89. The van der Waals surface area contributed by atoms with Crippen LogP contribution in [0.15, 0.2) is 36.4 Å². The van der Waals surface area contributed by atoms with E-state index in [-0.39, 0.29) is 43.4 Å². The van der Waals surface area contributed by atoms with E-state index in [4.69, 9.17) is 4.74 Å². The zero-order valence-corrected chi connectivity index (χ0v) is 15.7. The second kappa shape index (κ2) is 7.61. The SMILES string of the molecule is O=C1CCc2c(OC[C@]3(O)CCN(c4ccccc4F)C[C@H]3O)ccc(F)c2N1. The lowest BCUT2D eigenvalue weighted by Crippen LogP contribution is -2.58. The molecule has 2 atom stereocenters. The number of carbonyl (C=O) groups is 1. The molecular formula is C21H22F2N2O4. The van der Waals surface area contributed by atoms with Crippen molar-refractivity contribution in [2.75, 3.05) is 29.9 Å². The van der Waals surface area contributed by atoms with Crippen molar-refractivity contribution in [1.29, 1.82) is 0 Å². The van der Waals surface area contributed by atoms with Crippen LogP contribution in [0.4, 0.5) is 20.2 Å². The number of anilines is 2. The van der Waals surface area contributed by atoms with E-state index in [1.165, 1.54) is 18.2 Å². The van der Waals surface area contributed by atoms with E-state index in [0.29, 0.717) is 30.0 Å². The number of para-hydroxylation sites is 1. The molecule has 154 valence electrons. The van der Waals surface area contributed by atoms with Crippen molar-refractivity contribution in [3.63, 3.8) is 0 Å². The summed E-state index contributed by atoms with van der Waals surface area (Å²) >= 11 is 0. The van der Waals surface area contributed by atoms with Crippen LogP contribution in [0.25, 0.3) is 0 Å². The molecule has 29 heavy (non-hydrogen) atoms. The Morgan fingerprint density at radius 3 is 2.72 bits per heavy atom. The first-order valence-corrected chi connectivity index (χ1v) is 9.51. The molecule has 2 aliphatic heterocycles. The molecule has 0 aromatic heterocycles. The number of β-amino-alcohol motifs (C(OH)–C–C–N with tert-alkyl or cyclic N) is 1. The topological polar surface area (TPSA) is 82.0 Å². The van der Waals surface area contributed by atoms with Gasteiger partial charge in [0.25, 0.3) is 0 Å². The summed E-state index contributed by atoms with van der Waals surface area (Å²) in [6.45, 7) is 0.194. The van der Waals surface area contributed by atoms with Gasteiger partial charge in [0.2, 0.25) is 5.91 Å². The van der Waals surface area contributed by atoms with Crippen LogP contribution in [0.5, 0.6) is 5.75 Å². The van der Waals surface area contributed by atoms with Gasteiger partial charge in [0.1, 0.15) is 35.7 Å². The minimum Gasteiger partial charge on any atom is -0.490 e. The van der Waals surface area contributed by atoms with Gasteiger partial charge < -0.3 is 25.2 Å². The van der Waals surface area contributed by atoms with Crippen molar-refractivity contribution in [3.05, 3.63) is 53.6 Å². The molecule has 0 unspecified atom stereocenters. The summed E-state index contributed by atoms with van der Waals surface area (Å²) in [7, 11) is 0. The Balaban J connectivity index is 1.46. The van der Waals surface area contributed by atoms with E-state index in [1.807, 2.05) is 0 Å². The lowest BCUT2D eigenvalue weighted by Gasteiger charge is -2.42. The lowest BCUT2D eigenvalue weighted by molar-refractivity contribution is -0.116. The average Bonchev–Trinajstić information content (AvgIpc) is 2.71. The van der Waals surface area contributed by atoms with Gasteiger partial charge in [0.05, 0.1) is 11.4 Å². The Kier molecular flexibility index (Phi) is 5.14. The zero-order valence-electron chi connectivity index (χ0n) is 15.7. The van der Waals surface area contributed by atoms with Gasteiger partial charge in [-0.3, -0.25) is 4.79 Å². The highest BCUT2D eigenvalue weighted by atomic mass is 19.1. The molecule has 2 aromatic rings. The monoisotopic (exact) mass is 404 g/mol. The maximum atomic E-state index is 14.0. The highest BCUT2D eigenvalue weighted by molar-refractivity contribution is 5.94. The standard InChI is InChI=1S/C21H22F2N2O4/c22-14-3-1-2-4-16(14)25-10-9-21(28,18(26)11-25)12-29-17-7-6-15(23)20-13(17)5-8-19(27)24-20/h1-4,6-7,18,26,28H,5,8-12H2,(H,24,27)/t18-,21-/m1/s1. The molecule has 6 nitrogen and oxygen atoms in total. The number of fused-ring (bicyclic) bond motifs is 1. The van der Waals surface area contributed by atoms with Crippen molar-refractivity contribution in [2.24, 2.45) is 0 Å². The largest absolute Gasteiger partial charge is 0.490 e. The number of amides is 1. The second-order valence-corrected chi connectivity index (χ2v) is 7.50. The molecule has 3 N–H and O–H groups in total. The number of piperidine rings is 1. The molecule has 8 heteroatoms. The molecular weight excluding hydrogens is 382 g/mol. The molecule has 0 saturated carbocycles. The Labute approximate surface area is 166 Å². The maximum Gasteiger partial charge on any atom is 0.224 e. The fourth-order valence-corrected chi connectivity index (χ4v) is 3.82. The fraction of sp³-hybridized carbons (Fsp3) is 0.381.